The van der Waals surface area contributed by atoms with Crippen molar-refractivity contribution in [2.45, 2.75) is 0 Å². The quantitative estimate of drug-likeness (QED) is 0.609. The molecule has 0 saturated carbocycles. The van der Waals surface area contributed by atoms with Gasteiger partial charge in [-0.3, -0.25) is 0 Å². The highest BCUT2D eigenvalue weighted by Gasteiger charge is 1.86. The molecule has 3 heteroatoms. The highest BCUT2D eigenvalue weighted by molar-refractivity contribution is 6.31. The molecule has 1 rings (SSSR count). The van der Waals surface area contributed by atoms with Gasteiger partial charge in [-0.2, -0.15) is 0 Å². The number of anilines is 1. The van der Waals surface area contributed by atoms with Crippen LogP contribution in [0.25, 0.3) is 0 Å². The van der Waals surface area contributed by atoms with Gasteiger partial charge in [0.2, 0.25) is 0 Å². The van der Waals surface area contributed by atoms with Crippen molar-refractivity contribution in [3.63, 3.8) is 0 Å². The van der Waals surface area contributed by atoms with E-state index in [1.807, 2.05) is 24.3 Å². The molecule has 3 radical (unpaired) electrons. The van der Waals surface area contributed by atoms with E-state index < -0.39 is 0 Å². The van der Waals surface area contributed by atoms with Crippen molar-refractivity contribution in [3.05, 3.63) is 29.3 Å². The van der Waals surface area contributed by atoms with Gasteiger partial charge < -0.3 is 4.98 Å². The van der Waals surface area contributed by atoms with Gasteiger partial charge in [0.15, 0.2) is 10.4 Å². The Morgan fingerprint density at radius 3 is 2.67 bits per heavy atom. The molecule has 0 unspecified atom stereocenters. The largest absolute Gasteiger partial charge is 0.413 e. The predicted octanol–water partition coefficient (Wildman–Crippen LogP) is 1.84. The lowest BCUT2D eigenvalue weighted by atomic mass is 10.3. The molecule has 0 aliphatic heterocycles. The topological polar surface area (TPSA) is 12.0 Å². The minimum atomic E-state index is 0.734. The van der Waals surface area contributed by atoms with Gasteiger partial charge >= 0.3 is 0 Å². The maximum atomic E-state index is 5.66. The molecule has 1 nitrogen and oxygen atoms in total. The second kappa shape index (κ2) is 2.89. The average Bonchev–Trinajstić information content (AvgIpc) is 1.88. The van der Waals surface area contributed by atoms with Crippen LogP contribution in [-0.4, -0.2) is 10.4 Å². The van der Waals surface area contributed by atoms with E-state index in [1.165, 1.54) is 0 Å². The summed E-state index contributed by atoms with van der Waals surface area (Å²) in [6, 6.07) is 7.45. The van der Waals surface area contributed by atoms with Crippen LogP contribution in [0.1, 0.15) is 0 Å². The van der Waals surface area contributed by atoms with Crippen molar-refractivity contribution in [2.24, 2.45) is 0 Å². The molecule has 0 amide bonds. The van der Waals surface area contributed by atoms with E-state index >= 15 is 0 Å². The maximum absolute atomic E-state index is 5.66. The normalized spacial score (nSPS) is 9.11. The first kappa shape index (κ1) is 6.64. The Hall–Kier alpha value is -0.473. The fourth-order valence-electron chi connectivity index (χ4n) is 0.566. The van der Waals surface area contributed by atoms with Crippen molar-refractivity contribution in [1.29, 1.82) is 0 Å². The van der Waals surface area contributed by atoms with Crippen LogP contribution in [0, 0.1) is 0 Å². The third-order valence-corrected chi connectivity index (χ3v) is 1.49. The second-order valence-corrected chi connectivity index (χ2v) is 2.32. The Labute approximate surface area is 62.5 Å². The molecule has 9 heavy (non-hydrogen) atoms. The summed E-state index contributed by atoms with van der Waals surface area (Å²) in [6.45, 7) is 0. The Morgan fingerprint density at radius 2 is 2.22 bits per heavy atom. The lowest BCUT2D eigenvalue weighted by molar-refractivity contribution is 1.68. The van der Waals surface area contributed by atoms with Crippen LogP contribution in [0.15, 0.2) is 24.3 Å². The Morgan fingerprint density at radius 1 is 1.44 bits per heavy atom. The van der Waals surface area contributed by atoms with Crippen LogP contribution < -0.4 is 4.98 Å². The molecule has 0 aliphatic rings. The zero-order chi connectivity index (χ0) is 6.69. The Balaban J connectivity index is 2.94. The van der Waals surface area contributed by atoms with Gasteiger partial charge in [0, 0.05) is 10.7 Å². The van der Waals surface area contributed by atoms with Crippen LogP contribution in [0.5, 0.6) is 0 Å². The van der Waals surface area contributed by atoms with E-state index in [2.05, 4.69) is 15.4 Å². The van der Waals surface area contributed by atoms with E-state index in [9.17, 15) is 0 Å². The molecule has 0 aliphatic carbocycles. The van der Waals surface area contributed by atoms with E-state index in [0.717, 1.165) is 10.7 Å². The lowest BCUT2D eigenvalue weighted by Gasteiger charge is -1.96. The summed E-state index contributed by atoms with van der Waals surface area (Å²) in [4.78, 5) is 2.79. The van der Waals surface area contributed by atoms with Crippen molar-refractivity contribution in [3.8, 4) is 0 Å². The maximum Gasteiger partial charge on any atom is 0.186 e. The Bertz CT molecular complexity index is 202. The molecular formula is C6H5ClNSi. The standard InChI is InChI=1S/C6H5ClNSi/c7-5-2-1-3-6(4-5)8-9/h1-4,8H. The smallest absolute Gasteiger partial charge is 0.186 e. The number of benzene rings is 1. The van der Waals surface area contributed by atoms with E-state index in [0.29, 0.717) is 0 Å². The van der Waals surface area contributed by atoms with Gasteiger partial charge in [-0.15, -0.1) is 0 Å². The lowest BCUT2D eigenvalue weighted by Crippen LogP contribution is -1.88. The number of nitrogens with one attached hydrogen (secondary N) is 1. The van der Waals surface area contributed by atoms with Crippen LogP contribution in [-0.2, 0) is 0 Å². The zero-order valence-corrected chi connectivity index (χ0v) is 6.44. The molecule has 45 valence electrons. The third-order valence-electron chi connectivity index (χ3n) is 0.969. The summed E-state index contributed by atoms with van der Waals surface area (Å²) in [5.74, 6) is 0. The minimum Gasteiger partial charge on any atom is -0.413 e. The predicted molar refractivity (Wildman–Crippen MR) is 40.8 cm³/mol. The minimum absolute atomic E-state index is 0.734. The number of hydrogen-bond donors (Lipinski definition) is 1. The first-order chi connectivity index (χ1) is 4.33. The molecule has 1 aromatic carbocycles. The molecule has 0 fully saturated rings. The van der Waals surface area contributed by atoms with E-state index in [4.69, 9.17) is 11.6 Å². The third kappa shape index (κ3) is 1.73. The van der Waals surface area contributed by atoms with Crippen LogP contribution >= 0.6 is 11.6 Å². The average molecular weight is 155 g/mol. The van der Waals surface area contributed by atoms with E-state index in [1.54, 1.807) is 0 Å². The van der Waals surface area contributed by atoms with Crippen molar-refractivity contribution < 1.29 is 0 Å². The van der Waals surface area contributed by atoms with Crippen molar-refractivity contribution >= 4 is 27.7 Å². The summed E-state index contributed by atoms with van der Waals surface area (Å²) >= 11 is 5.66. The number of hydrogen-bond acceptors (Lipinski definition) is 1. The molecule has 0 heterocycles. The first-order valence-corrected chi connectivity index (χ1v) is 3.39. The monoisotopic (exact) mass is 154 g/mol. The second-order valence-electron chi connectivity index (χ2n) is 1.64. The van der Waals surface area contributed by atoms with Gasteiger partial charge in [0.05, 0.1) is 0 Å². The summed E-state index contributed by atoms with van der Waals surface area (Å²) < 4.78 is 0. The zero-order valence-electron chi connectivity index (χ0n) is 4.69. The van der Waals surface area contributed by atoms with Crippen LogP contribution in [0.4, 0.5) is 5.69 Å². The van der Waals surface area contributed by atoms with Gasteiger partial charge in [-0.25, -0.2) is 0 Å². The highest BCUT2D eigenvalue weighted by Crippen LogP contribution is 2.13. The molecule has 0 saturated heterocycles. The first-order valence-electron chi connectivity index (χ1n) is 2.51. The molecule has 0 aromatic heterocycles. The van der Waals surface area contributed by atoms with Gasteiger partial charge in [0.1, 0.15) is 0 Å². The highest BCUT2D eigenvalue weighted by atomic mass is 35.5. The van der Waals surface area contributed by atoms with E-state index in [-0.39, 0.29) is 0 Å². The van der Waals surface area contributed by atoms with Crippen molar-refractivity contribution in [2.75, 3.05) is 4.98 Å². The van der Waals surface area contributed by atoms with Crippen LogP contribution in [0.3, 0.4) is 0 Å². The molecule has 0 bridgehead atoms. The fraction of sp³-hybridized carbons (Fsp3) is 0. The molecule has 0 spiro atoms. The molecule has 1 aromatic rings. The summed E-state index contributed by atoms with van der Waals surface area (Å²) in [7, 11) is 3.13. The van der Waals surface area contributed by atoms with Gasteiger partial charge in [0.25, 0.3) is 0 Å². The molecule has 0 atom stereocenters. The van der Waals surface area contributed by atoms with Crippen molar-refractivity contribution in [1.82, 2.24) is 0 Å². The number of rotatable bonds is 1. The molecule has 1 N–H and O–H groups in total. The van der Waals surface area contributed by atoms with Gasteiger partial charge in [-0.1, -0.05) is 17.7 Å². The van der Waals surface area contributed by atoms with Crippen LogP contribution in [0.2, 0.25) is 5.02 Å². The SMILES string of the molecule is [Si]Nc1cccc(Cl)c1. The molecular weight excluding hydrogens is 150 g/mol. The summed E-state index contributed by atoms with van der Waals surface area (Å²) in [5, 5.41) is 0.734. The summed E-state index contributed by atoms with van der Waals surface area (Å²) in [5.41, 5.74) is 0.958. The van der Waals surface area contributed by atoms with Gasteiger partial charge in [-0.05, 0) is 18.2 Å². The fourth-order valence-corrected chi connectivity index (χ4v) is 0.912. The summed E-state index contributed by atoms with van der Waals surface area (Å²) in [6.07, 6.45) is 0. The Kier molecular flexibility index (Phi) is 2.14. The number of halogens is 1.